The van der Waals surface area contributed by atoms with Crippen molar-refractivity contribution in [3.8, 4) is 0 Å². The van der Waals surface area contributed by atoms with Crippen molar-refractivity contribution in [3.63, 3.8) is 0 Å². The van der Waals surface area contributed by atoms with Gasteiger partial charge in [0.25, 0.3) is 0 Å². The molecule has 0 aromatic carbocycles. The van der Waals surface area contributed by atoms with Crippen LogP contribution in [0.15, 0.2) is 0 Å². The first-order chi connectivity index (χ1) is 7.92. The van der Waals surface area contributed by atoms with Crippen molar-refractivity contribution in [2.75, 3.05) is 6.54 Å². The highest BCUT2D eigenvalue weighted by Gasteiger charge is 2.12. The summed E-state index contributed by atoms with van der Waals surface area (Å²) in [7, 11) is 0. The normalized spacial score (nSPS) is 13.9. The highest BCUT2D eigenvalue weighted by atomic mass is 32.1. The minimum atomic E-state index is 0.184. The molecule has 1 heterocycles. The molecule has 98 valence electrons. The van der Waals surface area contributed by atoms with Crippen LogP contribution in [-0.2, 0) is 6.42 Å². The number of hydrogen-bond acceptors (Lipinski definition) is 4. The van der Waals surface area contributed by atoms with E-state index in [1.54, 1.807) is 11.3 Å². The van der Waals surface area contributed by atoms with Gasteiger partial charge in [0, 0.05) is 24.4 Å². The molecule has 0 radical (unpaired) electrons. The van der Waals surface area contributed by atoms with E-state index in [-0.39, 0.29) is 5.54 Å². The lowest BCUT2D eigenvalue weighted by atomic mass is 10.1. The monoisotopic (exact) mass is 255 g/mol. The molecule has 4 heteroatoms. The Labute approximate surface area is 109 Å². The van der Waals surface area contributed by atoms with E-state index in [9.17, 15) is 0 Å². The maximum atomic E-state index is 4.29. The molecule has 1 atom stereocenters. The van der Waals surface area contributed by atoms with E-state index in [1.165, 1.54) is 17.8 Å². The zero-order valence-electron chi connectivity index (χ0n) is 11.7. The fourth-order valence-electron chi connectivity index (χ4n) is 1.67. The van der Waals surface area contributed by atoms with E-state index in [0.29, 0.717) is 5.92 Å². The third kappa shape index (κ3) is 5.59. The molecule has 17 heavy (non-hydrogen) atoms. The Morgan fingerprint density at radius 3 is 2.59 bits per heavy atom. The van der Waals surface area contributed by atoms with Crippen molar-refractivity contribution in [1.29, 1.82) is 0 Å². The minimum Gasteiger partial charge on any atom is -0.312 e. The molecule has 0 saturated carbocycles. The van der Waals surface area contributed by atoms with Crippen LogP contribution in [0.25, 0.3) is 0 Å². The Hall–Kier alpha value is -0.480. The van der Waals surface area contributed by atoms with E-state index in [4.69, 9.17) is 0 Å². The highest BCUT2D eigenvalue weighted by molar-refractivity contribution is 7.11. The van der Waals surface area contributed by atoms with E-state index in [1.807, 2.05) is 0 Å². The Bertz CT molecular complexity index is 328. The van der Waals surface area contributed by atoms with Gasteiger partial charge in [-0.2, -0.15) is 0 Å². The summed E-state index contributed by atoms with van der Waals surface area (Å²) in [6.07, 6.45) is 3.39. The molecular weight excluding hydrogens is 230 g/mol. The van der Waals surface area contributed by atoms with Gasteiger partial charge in [0.15, 0.2) is 0 Å². The van der Waals surface area contributed by atoms with Crippen LogP contribution in [0.2, 0.25) is 0 Å². The molecule has 1 N–H and O–H groups in total. The van der Waals surface area contributed by atoms with Gasteiger partial charge in [-0.15, -0.1) is 21.5 Å². The molecule has 3 nitrogen and oxygen atoms in total. The van der Waals surface area contributed by atoms with Gasteiger partial charge < -0.3 is 5.32 Å². The summed E-state index contributed by atoms with van der Waals surface area (Å²) in [5.74, 6) is 0.557. The molecule has 0 amide bonds. The lowest BCUT2D eigenvalue weighted by Crippen LogP contribution is -2.37. The molecule has 0 bridgehead atoms. The fourth-order valence-corrected chi connectivity index (χ4v) is 2.60. The molecule has 1 aromatic heterocycles. The highest BCUT2D eigenvalue weighted by Crippen LogP contribution is 2.23. The largest absolute Gasteiger partial charge is 0.312 e. The van der Waals surface area contributed by atoms with Gasteiger partial charge in [0.1, 0.15) is 10.0 Å². The Morgan fingerprint density at radius 1 is 1.29 bits per heavy atom. The molecule has 0 aliphatic rings. The number of nitrogens with zero attached hydrogens (tertiary/aromatic N) is 2. The third-order valence-electron chi connectivity index (χ3n) is 2.62. The van der Waals surface area contributed by atoms with Gasteiger partial charge in [0.2, 0.25) is 0 Å². The smallest absolute Gasteiger partial charge is 0.120 e. The Kier molecular flexibility index (Phi) is 5.53. The van der Waals surface area contributed by atoms with Crippen LogP contribution in [0, 0.1) is 0 Å². The average molecular weight is 255 g/mol. The summed E-state index contributed by atoms with van der Waals surface area (Å²) >= 11 is 1.77. The summed E-state index contributed by atoms with van der Waals surface area (Å²) in [6, 6.07) is 0. The van der Waals surface area contributed by atoms with Gasteiger partial charge in [-0.05, 0) is 27.2 Å². The van der Waals surface area contributed by atoms with Crippen molar-refractivity contribution in [2.24, 2.45) is 0 Å². The second kappa shape index (κ2) is 6.45. The Morgan fingerprint density at radius 2 is 2.00 bits per heavy atom. The van der Waals surface area contributed by atoms with Gasteiger partial charge in [0.05, 0.1) is 0 Å². The minimum absolute atomic E-state index is 0.184. The maximum absolute atomic E-state index is 4.29. The van der Waals surface area contributed by atoms with Crippen LogP contribution in [0.1, 0.15) is 63.4 Å². The quantitative estimate of drug-likeness (QED) is 0.847. The topological polar surface area (TPSA) is 37.8 Å². The van der Waals surface area contributed by atoms with Crippen molar-refractivity contribution >= 4 is 11.3 Å². The van der Waals surface area contributed by atoms with E-state index in [2.05, 4.69) is 50.1 Å². The molecule has 1 aromatic rings. The van der Waals surface area contributed by atoms with E-state index < -0.39 is 0 Å². The van der Waals surface area contributed by atoms with Crippen LogP contribution in [0.5, 0.6) is 0 Å². The number of nitrogens with one attached hydrogen (secondary N) is 1. The molecule has 0 fully saturated rings. The van der Waals surface area contributed by atoms with Crippen molar-refractivity contribution in [2.45, 2.75) is 65.3 Å². The number of rotatable bonds is 6. The second-order valence-corrected chi connectivity index (χ2v) is 6.74. The SMILES string of the molecule is CCCC(C)c1nnc(CCNC(C)(C)C)s1. The van der Waals surface area contributed by atoms with Gasteiger partial charge in [-0.1, -0.05) is 20.3 Å². The first-order valence-corrected chi connectivity index (χ1v) is 7.31. The zero-order chi connectivity index (χ0) is 12.9. The third-order valence-corrected chi connectivity index (χ3v) is 3.83. The predicted octanol–water partition coefficient (Wildman–Crippen LogP) is 3.37. The van der Waals surface area contributed by atoms with Gasteiger partial charge in [-0.25, -0.2) is 0 Å². The van der Waals surface area contributed by atoms with Gasteiger partial charge >= 0.3 is 0 Å². The summed E-state index contributed by atoms with van der Waals surface area (Å²) in [5, 5.41) is 14.4. The molecule has 0 aliphatic heterocycles. The van der Waals surface area contributed by atoms with Crippen molar-refractivity contribution in [1.82, 2.24) is 15.5 Å². The molecule has 1 unspecified atom stereocenters. The zero-order valence-corrected chi connectivity index (χ0v) is 12.5. The summed E-state index contributed by atoms with van der Waals surface area (Å²) in [5.41, 5.74) is 0.184. The first-order valence-electron chi connectivity index (χ1n) is 6.49. The van der Waals surface area contributed by atoms with Crippen LogP contribution in [0.4, 0.5) is 0 Å². The van der Waals surface area contributed by atoms with Crippen molar-refractivity contribution in [3.05, 3.63) is 10.0 Å². The maximum Gasteiger partial charge on any atom is 0.120 e. The first kappa shape index (κ1) is 14.6. The van der Waals surface area contributed by atoms with Gasteiger partial charge in [-0.3, -0.25) is 0 Å². The van der Waals surface area contributed by atoms with Crippen LogP contribution < -0.4 is 5.32 Å². The molecular formula is C13H25N3S. The summed E-state index contributed by atoms with van der Waals surface area (Å²) in [4.78, 5) is 0. The lowest BCUT2D eigenvalue weighted by Gasteiger charge is -2.19. The van der Waals surface area contributed by atoms with E-state index in [0.717, 1.165) is 18.0 Å². The average Bonchev–Trinajstić information content (AvgIpc) is 2.65. The molecule has 1 rings (SSSR count). The molecule has 0 saturated heterocycles. The summed E-state index contributed by atoms with van der Waals surface area (Å²) < 4.78 is 0. The second-order valence-electron chi connectivity index (χ2n) is 5.65. The van der Waals surface area contributed by atoms with Crippen LogP contribution in [0.3, 0.4) is 0 Å². The van der Waals surface area contributed by atoms with Crippen LogP contribution in [-0.4, -0.2) is 22.3 Å². The fraction of sp³-hybridized carbons (Fsp3) is 0.846. The molecule has 0 spiro atoms. The molecule has 0 aliphatic carbocycles. The lowest BCUT2D eigenvalue weighted by molar-refractivity contribution is 0.429. The standard InChI is InChI=1S/C13H25N3S/c1-6-7-10(2)12-16-15-11(17-12)8-9-14-13(3,4)5/h10,14H,6-9H2,1-5H3. The van der Waals surface area contributed by atoms with E-state index >= 15 is 0 Å². The Balaban J connectivity index is 2.40. The van der Waals surface area contributed by atoms with Crippen molar-refractivity contribution < 1.29 is 0 Å². The predicted molar refractivity (Wildman–Crippen MR) is 74.7 cm³/mol. The number of aromatic nitrogens is 2. The summed E-state index contributed by atoms with van der Waals surface area (Å²) in [6.45, 7) is 12.0. The number of hydrogen-bond donors (Lipinski definition) is 1. The van der Waals surface area contributed by atoms with Crippen LogP contribution >= 0.6 is 11.3 Å².